The molecule has 0 spiro atoms. The quantitative estimate of drug-likeness (QED) is 0.528. The molecule has 2 aromatic heterocycles. The number of hydrogen-bond acceptors (Lipinski definition) is 4. The number of rotatable bonds is 3. The van der Waals surface area contributed by atoms with Gasteiger partial charge in [-0.2, -0.15) is 0 Å². The fraction of sp³-hybridized carbons (Fsp3) is 0.150. The Morgan fingerprint density at radius 3 is 2.60 bits per heavy atom. The minimum absolute atomic E-state index is 0.144. The van der Waals surface area contributed by atoms with E-state index in [0.29, 0.717) is 16.3 Å². The summed E-state index contributed by atoms with van der Waals surface area (Å²) in [5.41, 5.74) is 3.25. The molecule has 0 unspecified atom stereocenters. The van der Waals surface area contributed by atoms with Gasteiger partial charge in [0.25, 0.3) is 5.91 Å². The maximum atomic E-state index is 12.6. The number of methoxy groups -OCH3 is 1. The van der Waals surface area contributed by atoms with Crippen molar-refractivity contribution in [2.24, 2.45) is 0 Å². The largest absolute Gasteiger partial charge is 0.495 e. The molecule has 0 bridgehead atoms. The van der Waals surface area contributed by atoms with Crippen molar-refractivity contribution in [2.75, 3.05) is 12.4 Å². The van der Waals surface area contributed by atoms with Crippen LogP contribution in [0.4, 0.5) is 5.69 Å². The first-order valence-electron chi connectivity index (χ1n) is 7.94. The number of hydrogen-bond donors (Lipinski definition) is 1. The highest BCUT2D eigenvalue weighted by molar-refractivity contribution is 7.14. The van der Waals surface area contributed by atoms with Crippen LogP contribution in [0.3, 0.4) is 0 Å². The van der Waals surface area contributed by atoms with Crippen LogP contribution in [0.5, 0.6) is 5.75 Å². The van der Waals surface area contributed by atoms with Crippen LogP contribution in [0.25, 0.3) is 21.9 Å². The topological polar surface area (TPSA) is 51.5 Å². The van der Waals surface area contributed by atoms with Gasteiger partial charge in [-0.15, -0.1) is 11.3 Å². The van der Waals surface area contributed by atoms with E-state index in [1.165, 1.54) is 11.3 Å². The van der Waals surface area contributed by atoms with Crippen LogP contribution < -0.4 is 10.1 Å². The predicted octanol–water partition coefficient (Wildman–Crippen LogP) is 5.53. The number of anilines is 1. The summed E-state index contributed by atoms with van der Waals surface area (Å²) in [6, 6.07) is 13.5. The molecule has 0 atom stereocenters. The number of para-hydroxylation sites is 1. The van der Waals surface area contributed by atoms with Crippen molar-refractivity contribution in [1.29, 1.82) is 0 Å². The Bertz CT molecular complexity index is 1090. The molecular weight excluding hydrogens is 334 g/mol. The SMILES string of the molecule is COc1cc2c(cc1NC(=O)c1cc(C)c(C)s1)oc1ccccc12. The fourth-order valence-corrected chi connectivity index (χ4v) is 3.82. The van der Waals surface area contributed by atoms with Crippen molar-refractivity contribution < 1.29 is 13.9 Å². The molecule has 4 nitrogen and oxygen atoms in total. The highest BCUT2D eigenvalue weighted by Crippen LogP contribution is 2.36. The highest BCUT2D eigenvalue weighted by atomic mass is 32.1. The zero-order chi connectivity index (χ0) is 17.6. The van der Waals surface area contributed by atoms with Crippen molar-refractivity contribution in [3.05, 3.63) is 57.8 Å². The molecule has 0 aliphatic carbocycles. The lowest BCUT2D eigenvalue weighted by atomic mass is 10.1. The van der Waals surface area contributed by atoms with Gasteiger partial charge in [-0.1, -0.05) is 18.2 Å². The van der Waals surface area contributed by atoms with E-state index < -0.39 is 0 Å². The Kier molecular flexibility index (Phi) is 3.73. The van der Waals surface area contributed by atoms with E-state index in [-0.39, 0.29) is 5.91 Å². The smallest absolute Gasteiger partial charge is 0.265 e. The third-order valence-corrected chi connectivity index (χ3v) is 5.49. The second-order valence-electron chi connectivity index (χ2n) is 5.95. The van der Waals surface area contributed by atoms with Crippen molar-refractivity contribution >= 4 is 44.9 Å². The normalized spacial score (nSPS) is 11.2. The Labute approximate surface area is 149 Å². The second kappa shape index (κ2) is 5.93. The van der Waals surface area contributed by atoms with Crippen LogP contribution in [-0.4, -0.2) is 13.0 Å². The van der Waals surface area contributed by atoms with Gasteiger partial charge in [0, 0.05) is 21.7 Å². The summed E-state index contributed by atoms with van der Waals surface area (Å²) in [6.07, 6.45) is 0. The minimum atomic E-state index is -0.144. The van der Waals surface area contributed by atoms with Crippen LogP contribution in [0.1, 0.15) is 20.1 Å². The lowest BCUT2D eigenvalue weighted by molar-refractivity contribution is 0.103. The number of carbonyl (C=O) groups is 1. The van der Waals surface area contributed by atoms with Gasteiger partial charge in [0.05, 0.1) is 17.7 Å². The van der Waals surface area contributed by atoms with E-state index in [4.69, 9.17) is 9.15 Å². The first-order valence-corrected chi connectivity index (χ1v) is 8.76. The number of furan rings is 1. The van der Waals surface area contributed by atoms with E-state index in [1.807, 2.05) is 56.3 Å². The molecule has 0 aliphatic rings. The molecule has 2 heterocycles. The molecule has 2 aromatic carbocycles. The Balaban J connectivity index is 1.78. The summed E-state index contributed by atoms with van der Waals surface area (Å²) in [4.78, 5) is 14.4. The van der Waals surface area contributed by atoms with Gasteiger partial charge in [-0.25, -0.2) is 0 Å². The van der Waals surface area contributed by atoms with Gasteiger partial charge in [0.1, 0.15) is 16.9 Å². The number of carbonyl (C=O) groups excluding carboxylic acids is 1. The molecule has 1 N–H and O–H groups in total. The predicted molar refractivity (Wildman–Crippen MR) is 102 cm³/mol. The van der Waals surface area contributed by atoms with Gasteiger partial charge < -0.3 is 14.5 Å². The summed E-state index contributed by atoms with van der Waals surface area (Å²) in [6.45, 7) is 4.02. The van der Waals surface area contributed by atoms with Crippen LogP contribution in [0.15, 0.2) is 46.9 Å². The highest BCUT2D eigenvalue weighted by Gasteiger charge is 2.16. The van der Waals surface area contributed by atoms with Gasteiger partial charge in [0.15, 0.2) is 0 Å². The maximum absolute atomic E-state index is 12.6. The summed E-state index contributed by atoms with van der Waals surface area (Å²) >= 11 is 1.49. The zero-order valence-electron chi connectivity index (χ0n) is 14.2. The standard InChI is InChI=1S/C20H17NO3S/c1-11-8-19(25-12(11)2)20(22)21-15-10-17-14(9-18(15)23-3)13-6-4-5-7-16(13)24-17/h4-10H,1-3H3,(H,21,22). The average molecular weight is 351 g/mol. The number of benzene rings is 2. The summed E-state index contributed by atoms with van der Waals surface area (Å²) in [5, 5.41) is 4.93. The number of ether oxygens (including phenoxy) is 1. The number of nitrogens with one attached hydrogen (secondary N) is 1. The molecule has 0 aliphatic heterocycles. The van der Waals surface area contributed by atoms with Crippen LogP contribution in [0.2, 0.25) is 0 Å². The van der Waals surface area contributed by atoms with Crippen molar-refractivity contribution in [3.8, 4) is 5.75 Å². The molecule has 0 saturated heterocycles. The van der Waals surface area contributed by atoms with Crippen LogP contribution in [0, 0.1) is 13.8 Å². The van der Waals surface area contributed by atoms with Crippen molar-refractivity contribution in [1.82, 2.24) is 0 Å². The maximum Gasteiger partial charge on any atom is 0.265 e. The van der Waals surface area contributed by atoms with Crippen molar-refractivity contribution in [3.63, 3.8) is 0 Å². The van der Waals surface area contributed by atoms with Gasteiger partial charge in [-0.3, -0.25) is 4.79 Å². The second-order valence-corrected chi connectivity index (χ2v) is 7.21. The Morgan fingerprint density at radius 1 is 1.08 bits per heavy atom. The molecule has 4 rings (SSSR count). The number of aryl methyl sites for hydroxylation is 2. The van der Waals surface area contributed by atoms with Crippen LogP contribution >= 0.6 is 11.3 Å². The van der Waals surface area contributed by atoms with Crippen LogP contribution in [-0.2, 0) is 0 Å². The first-order chi connectivity index (χ1) is 12.1. The first kappa shape index (κ1) is 15.7. The minimum Gasteiger partial charge on any atom is -0.495 e. The van der Waals surface area contributed by atoms with Gasteiger partial charge in [-0.05, 0) is 37.6 Å². The average Bonchev–Trinajstić information content (AvgIpc) is 3.13. The molecule has 126 valence electrons. The molecule has 4 aromatic rings. The van der Waals surface area contributed by atoms with E-state index in [1.54, 1.807) is 7.11 Å². The molecule has 1 amide bonds. The summed E-state index contributed by atoms with van der Waals surface area (Å²) in [7, 11) is 1.60. The lowest BCUT2D eigenvalue weighted by Gasteiger charge is -2.09. The van der Waals surface area contributed by atoms with E-state index in [9.17, 15) is 4.79 Å². The van der Waals surface area contributed by atoms with E-state index in [0.717, 1.165) is 32.4 Å². The van der Waals surface area contributed by atoms with Gasteiger partial charge >= 0.3 is 0 Å². The molecule has 0 saturated carbocycles. The summed E-state index contributed by atoms with van der Waals surface area (Å²) < 4.78 is 11.4. The number of fused-ring (bicyclic) bond motifs is 3. The zero-order valence-corrected chi connectivity index (χ0v) is 15.0. The van der Waals surface area contributed by atoms with E-state index in [2.05, 4.69) is 5.32 Å². The Hall–Kier alpha value is -2.79. The fourth-order valence-electron chi connectivity index (χ4n) is 2.89. The Morgan fingerprint density at radius 2 is 1.88 bits per heavy atom. The molecule has 25 heavy (non-hydrogen) atoms. The van der Waals surface area contributed by atoms with Gasteiger partial charge in [0.2, 0.25) is 0 Å². The molecule has 0 fully saturated rings. The molecular formula is C20H17NO3S. The monoisotopic (exact) mass is 351 g/mol. The third-order valence-electron chi connectivity index (χ3n) is 4.34. The van der Waals surface area contributed by atoms with E-state index >= 15 is 0 Å². The number of amides is 1. The number of thiophene rings is 1. The third kappa shape index (κ3) is 2.66. The molecule has 0 radical (unpaired) electrons. The lowest BCUT2D eigenvalue weighted by Crippen LogP contribution is -2.11. The molecule has 5 heteroatoms. The summed E-state index contributed by atoms with van der Waals surface area (Å²) in [5.74, 6) is 0.465. The van der Waals surface area contributed by atoms with Crippen molar-refractivity contribution in [2.45, 2.75) is 13.8 Å².